The number of urea groups is 1. The average molecular weight is 350 g/mol. The summed E-state index contributed by atoms with van der Waals surface area (Å²) in [6, 6.07) is 3.21. The summed E-state index contributed by atoms with van der Waals surface area (Å²) in [4.78, 5) is 22.3. The number of carbonyl (C=O) groups is 2. The molecule has 7 nitrogen and oxygen atoms in total. The zero-order valence-corrected chi connectivity index (χ0v) is 12.9. The second-order valence-corrected chi connectivity index (χ2v) is 5.27. The third-order valence-electron chi connectivity index (χ3n) is 2.88. The Morgan fingerprint density at radius 2 is 1.92 bits per heavy atom. The number of anilines is 1. The predicted octanol–water partition coefficient (Wildman–Crippen LogP) is 1.89. The molecule has 0 fully saturated rings. The van der Waals surface area contributed by atoms with Crippen molar-refractivity contribution < 1.29 is 37.7 Å². The van der Waals surface area contributed by atoms with Gasteiger partial charge < -0.3 is 25.6 Å². The predicted molar refractivity (Wildman–Crippen MR) is 78.0 cm³/mol. The third kappa shape index (κ3) is 6.32. The Morgan fingerprint density at radius 1 is 1.29 bits per heavy atom. The van der Waals surface area contributed by atoms with Gasteiger partial charge >= 0.3 is 18.2 Å². The van der Waals surface area contributed by atoms with Gasteiger partial charge in [-0.15, -0.1) is 0 Å². The van der Waals surface area contributed by atoms with Crippen LogP contribution in [0, 0.1) is 6.92 Å². The summed E-state index contributed by atoms with van der Waals surface area (Å²) in [6.45, 7) is 0.571. The third-order valence-corrected chi connectivity index (χ3v) is 2.88. The number of halogens is 3. The van der Waals surface area contributed by atoms with E-state index in [0.29, 0.717) is 5.56 Å². The number of benzene rings is 1. The fourth-order valence-corrected chi connectivity index (χ4v) is 1.55. The van der Waals surface area contributed by atoms with Crippen molar-refractivity contribution in [2.45, 2.75) is 25.6 Å². The smallest absolute Gasteiger partial charge is 0.422 e. The van der Waals surface area contributed by atoms with Gasteiger partial charge in [-0.25, -0.2) is 9.59 Å². The van der Waals surface area contributed by atoms with E-state index < -0.39 is 36.9 Å². The van der Waals surface area contributed by atoms with Gasteiger partial charge in [0, 0.05) is 5.69 Å². The zero-order chi connectivity index (χ0) is 18.5. The van der Waals surface area contributed by atoms with Gasteiger partial charge in [0.05, 0.1) is 6.54 Å². The molecule has 0 aliphatic carbocycles. The van der Waals surface area contributed by atoms with Crippen molar-refractivity contribution in [2.24, 2.45) is 0 Å². The lowest BCUT2D eigenvalue weighted by Gasteiger charge is -2.18. The van der Waals surface area contributed by atoms with E-state index in [1.165, 1.54) is 25.1 Å². The molecule has 2 amide bonds. The largest absolute Gasteiger partial charge is 0.484 e. The number of hydrogen-bond acceptors (Lipinski definition) is 4. The molecule has 24 heavy (non-hydrogen) atoms. The normalized spacial score (nSPS) is 13.8. The minimum atomic E-state index is -4.45. The van der Waals surface area contributed by atoms with Crippen LogP contribution in [0.5, 0.6) is 5.75 Å². The molecule has 0 aromatic heterocycles. The van der Waals surface area contributed by atoms with Gasteiger partial charge in [-0.3, -0.25) is 0 Å². The van der Waals surface area contributed by atoms with Crippen molar-refractivity contribution in [3.8, 4) is 5.75 Å². The molecule has 0 saturated carbocycles. The van der Waals surface area contributed by atoms with Gasteiger partial charge in [0.2, 0.25) is 0 Å². The molecule has 0 bridgehead atoms. The molecule has 1 aromatic rings. The van der Waals surface area contributed by atoms with Crippen LogP contribution in [-0.4, -0.2) is 47.1 Å². The van der Waals surface area contributed by atoms with E-state index in [9.17, 15) is 27.9 Å². The number of rotatable bonds is 6. The molecule has 0 aliphatic rings. The number of nitrogens with one attached hydrogen (secondary N) is 2. The summed E-state index contributed by atoms with van der Waals surface area (Å²) in [7, 11) is 0. The summed E-state index contributed by atoms with van der Waals surface area (Å²) in [5.41, 5.74) is -1.49. The molecule has 0 radical (unpaired) electrons. The van der Waals surface area contributed by atoms with Crippen LogP contribution in [0.25, 0.3) is 0 Å². The highest BCUT2D eigenvalue weighted by atomic mass is 19.4. The standard InChI is InChI=1S/C14H17F3N2O5/c1-8-5-9(3-4-10(8)24-7-14(15,16)17)19-12(22)18-6-13(2,23)11(20)21/h3-5,23H,6-7H2,1-2H3,(H,20,21)(H2,18,19,22). The molecule has 0 aliphatic heterocycles. The van der Waals surface area contributed by atoms with Crippen molar-refractivity contribution in [3.05, 3.63) is 23.8 Å². The maximum absolute atomic E-state index is 12.1. The monoisotopic (exact) mass is 350 g/mol. The Kier molecular flexibility index (Phi) is 6.02. The molecule has 0 spiro atoms. The number of aliphatic hydroxyl groups is 1. The van der Waals surface area contributed by atoms with Crippen molar-refractivity contribution in [1.82, 2.24) is 5.32 Å². The van der Waals surface area contributed by atoms with Gasteiger partial charge in [0.1, 0.15) is 5.75 Å². The first-order chi connectivity index (χ1) is 10.9. The maximum atomic E-state index is 12.1. The second-order valence-electron chi connectivity index (χ2n) is 5.27. The summed E-state index contributed by atoms with van der Waals surface area (Å²) in [6.07, 6.45) is -4.45. The molecule has 0 saturated heterocycles. The lowest BCUT2D eigenvalue weighted by molar-refractivity contribution is -0.155. The highest BCUT2D eigenvalue weighted by Gasteiger charge is 2.30. The van der Waals surface area contributed by atoms with Crippen LogP contribution >= 0.6 is 0 Å². The summed E-state index contributed by atoms with van der Waals surface area (Å²) in [5, 5.41) is 22.7. The summed E-state index contributed by atoms with van der Waals surface area (Å²) >= 11 is 0. The lowest BCUT2D eigenvalue weighted by atomic mass is 10.1. The maximum Gasteiger partial charge on any atom is 0.422 e. The van der Waals surface area contributed by atoms with Gasteiger partial charge in [-0.2, -0.15) is 13.2 Å². The van der Waals surface area contributed by atoms with Crippen LogP contribution in [0.4, 0.5) is 23.7 Å². The van der Waals surface area contributed by atoms with Crippen molar-refractivity contribution in [3.63, 3.8) is 0 Å². The van der Waals surface area contributed by atoms with E-state index in [0.717, 1.165) is 6.92 Å². The number of hydrogen-bond donors (Lipinski definition) is 4. The van der Waals surface area contributed by atoms with Crippen LogP contribution < -0.4 is 15.4 Å². The topological polar surface area (TPSA) is 108 Å². The van der Waals surface area contributed by atoms with Gasteiger partial charge in [-0.05, 0) is 37.6 Å². The molecular weight excluding hydrogens is 333 g/mol. The first kappa shape index (κ1) is 19.6. The van der Waals surface area contributed by atoms with Crippen LogP contribution in [0.15, 0.2) is 18.2 Å². The lowest BCUT2D eigenvalue weighted by Crippen LogP contribution is -2.47. The number of aliphatic carboxylic acids is 1. The van der Waals surface area contributed by atoms with Gasteiger partial charge in [0.25, 0.3) is 0 Å². The van der Waals surface area contributed by atoms with Crippen molar-refractivity contribution >= 4 is 17.7 Å². The van der Waals surface area contributed by atoms with E-state index in [-0.39, 0.29) is 11.4 Å². The van der Waals surface area contributed by atoms with Gasteiger partial charge in [-0.1, -0.05) is 0 Å². The number of amides is 2. The van der Waals surface area contributed by atoms with Crippen LogP contribution in [0.3, 0.4) is 0 Å². The second kappa shape index (κ2) is 7.39. The van der Waals surface area contributed by atoms with E-state index >= 15 is 0 Å². The zero-order valence-electron chi connectivity index (χ0n) is 12.9. The molecule has 0 heterocycles. The van der Waals surface area contributed by atoms with Crippen LogP contribution in [-0.2, 0) is 4.79 Å². The fraction of sp³-hybridized carbons (Fsp3) is 0.429. The molecule has 1 unspecified atom stereocenters. The first-order valence-corrected chi connectivity index (χ1v) is 6.71. The highest BCUT2D eigenvalue weighted by Crippen LogP contribution is 2.24. The van der Waals surface area contributed by atoms with E-state index in [1.54, 1.807) is 0 Å². The molecule has 4 N–H and O–H groups in total. The van der Waals surface area contributed by atoms with Crippen LogP contribution in [0.2, 0.25) is 0 Å². The number of aryl methyl sites for hydroxylation is 1. The number of carboxylic acid groups (broad SMARTS) is 1. The number of ether oxygens (including phenoxy) is 1. The Hall–Kier alpha value is -2.49. The quantitative estimate of drug-likeness (QED) is 0.627. The molecule has 1 atom stereocenters. The molecule has 1 rings (SSSR count). The molecular formula is C14H17F3N2O5. The Bertz CT molecular complexity index is 617. The summed E-state index contributed by atoms with van der Waals surface area (Å²) in [5.74, 6) is -1.48. The van der Waals surface area contributed by atoms with E-state index in [4.69, 9.17) is 5.11 Å². The molecule has 134 valence electrons. The first-order valence-electron chi connectivity index (χ1n) is 6.71. The van der Waals surface area contributed by atoms with Crippen molar-refractivity contribution in [1.29, 1.82) is 0 Å². The highest BCUT2D eigenvalue weighted by molar-refractivity contribution is 5.90. The fourth-order valence-electron chi connectivity index (χ4n) is 1.55. The number of carboxylic acids is 1. The van der Waals surface area contributed by atoms with E-state index in [1.807, 2.05) is 0 Å². The van der Waals surface area contributed by atoms with Crippen molar-refractivity contribution in [2.75, 3.05) is 18.5 Å². The molecule has 1 aromatic carbocycles. The van der Waals surface area contributed by atoms with E-state index in [2.05, 4.69) is 15.4 Å². The Labute approximate surface area is 135 Å². The minimum Gasteiger partial charge on any atom is -0.484 e. The Morgan fingerprint density at radius 3 is 2.42 bits per heavy atom. The minimum absolute atomic E-state index is 0.0205. The van der Waals surface area contributed by atoms with Crippen LogP contribution in [0.1, 0.15) is 12.5 Å². The number of alkyl halides is 3. The summed E-state index contributed by atoms with van der Waals surface area (Å²) < 4.78 is 41.0. The Balaban J connectivity index is 2.61. The average Bonchev–Trinajstić information content (AvgIpc) is 2.43. The van der Waals surface area contributed by atoms with Gasteiger partial charge in [0.15, 0.2) is 12.2 Å². The SMILES string of the molecule is Cc1cc(NC(=O)NCC(C)(O)C(=O)O)ccc1OCC(F)(F)F. The molecule has 10 heteroatoms. The number of carbonyl (C=O) groups excluding carboxylic acids is 1.